The number of piperidine rings is 1. The van der Waals surface area contributed by atoms with Gasteiger partial charge in [0.1, 0.15) is 12.2 Å². The largest absolute Gasteiger partial charge is 0.345 e. The number of imidazole rings is 1. The van der Waals surface area contributed by atoms with Gasteiger partial charge in [-0.15, -0.1) is 0 Å². The van der Waals surface area contributed by atoms with Crippen molar-refractivity contribution in [3.8, 4) is 6.07 Å². The van der Waals surface area contributed by atoms with Crippen LogP contribution in [0.15, 0.2) is 24.7 Å². The molecule has 0 aromatic carbocycles. The molecular weight excluding hydrogens is 304 g/mol. The normalized spacial score (nSPS) is 21.2. The van der Waals surface area contributed by atoms with Gasteiger partial charge in [-0.1, -0.05) is 6.92 Å². The summed E-state index contributed by atoms with van der Waals surface area (Å²) in [5, 5.41) is 8.78. The van der Waals surface area contributed by atoms with Crippen molar-refractivity contribution in [2.45, 2.75) is 25.7 Å². The first-order chi connectivity index (χ1) is 11.7. The molecule has 1 saturated heterocycles. The third kappa shape index (κ3) is 2.22. The molecule has 0 saturated carbocycles. The fourth-order valence-corrected chi connectivity index (χ4v) is 3.57. The monoisotopic (exact) mass is 322 g/mol. The van der Waals surface area contributed by atoms with Crippen LogP contribution in [-0.2, 0) is 4.79 Å². The highest BCUT2D eigenvalue weighted by Gasteiger charge is 2.32. The molecule has 7 nitrogen and oxygen atoms in total. The Balaban J connectivity index is 1.76. The first-order valence-electron chi connectivity index (χ1n) is 8.13. The molecule has 0 unspecified atom stereocenters. The van der Waals surface area contributed by atoms with Gasteiger partial charge in [-0.25, -0.2) is 9.97 Å². The van der Waals surface area contributed by atoms with Gasteiger partial charge in [-0.05, 0) is 18.4 Å². The van der Waals surface area contributed by atoms with Crippen molar-refractivity contribution in [3.63, 3.8) is 0 Å². The summed E-state index contributed by atoms with van der Waals surface area (Å²) in [6.07, 6.45) is 6.36. The van der Waals surface area contributed by atoms with Crippen molar-refractivity contribution in [2.24, 2.45) is 5.92 Å². The van der Waals surface area contributed by atoms with Gasteiger partial charge in [0.25, 0.3) is 0 Å². The zero-order valence-electron chi connectivity index (χ0n) is 13.4. The van der Waals surface area contributed by atoms with E-state index in [0.717, 1.165) is 28.9 Å². The fourth-order valence-electron chi connectivity index (χ4n) is 3.57. The van der Waals surface area contributed by atoms with E-state index in [4.69, 9.17) is 5.26 Å². The van der Waals surface area contributed by atoms with E-state index in [-0.39, 0.29) is 18.2 Å². The number of hydrogen-bond acceptors (Lipinski definition) is 4. The van der Waals surface area contributed by atoms with Gasteiger partial charge in [-0.3, -0.25) is 9.20 Å². The number of nitriles is 1. The molecule has 3 aromatic rings. The minimum atomic E-state index is -0.0938. The van der Waals surface area contributed by atoms with Crippen molar-refractivity contribution in [1.82, 2.24) is 24.3 Å². The summed E-state index contributed by atoms with van der Waals surface area (Å²) in [4.78, 5) is 26.1. The van der Waals surface area contributed by atoms with E-state index in [0.29, 0.717) is 19.0 Å². The highest BCUT2D eigenvalue weighted by Crippen LogP contribution is 2.33. The predicted molar refractivity (Wildman–Crippen MR) is 88.2 cm³/mol. The fraction of sp³-hybridized carbons (Fsp3) is 0.412. The molecule has 0 aliphatic carbocycles. The first kappa shape index (κ1) is 14.7. The number of carbonyl (C=O) groups is 1. The summed E-state index contributed by atoms with van der Waals surface area (Å²) >= 11 is 0. The van der Waals surface area contributed by atoms with E-state index in [2.05, 4.69) is 26.3 Å². The summed E-state index contributed by atoms with van der Waals surface area (Å²) in [5.41, 5.74) is 2.76. The second-order valence-corrected chi connectivity index (χ2v) is 6.39. The van der Waals surface area contributed by atoms with Crippen LogP contribution < -0.4 is 0 Å². The van der Waals surface area contributed by atoms with Crippen LogP contribution in [-0.4, -0.2) is 43.2 Å². The molecule has 24 heavy (non-hydrogen) atoms. The standard InChI is InChI=1S/C17H18N6O/c1-11-4-7-22(15(24)2-5-18)10-13(11)17-21-9-12-8-20-16-14(23(12)17)3-6-19-16/h3,6,8-9,11,13,19H,2,4,7,10H2,1H3/t11-,13+/m0/s1. The quantitative estimate of drug-likeness (QED) is 0.782. The Morgan fingerprint density at radius 3 is 3.12 bits per heavy atom. The first-order valence-corrected chi connectivity index (χ1v) is 8.13. The van der Waals surface area contributed by atoms with Gasteiger partial charge in [0.05, 0.1) is 29.5 Å². The Hall–Kier alpha value is -2.88. The molecule has 1 N–H and O–H groups in total. The molecule has 122 valence electrons. The molecular formula is C17H18N6O. The van der Waals surface area contributed by atoms with Crippen LogP contribution in [0.4, 0.5) is 0 Å². The van der Waals surface area contributed by atoms with Gasteiger partial charge >= 0.3 is 0 Å². The Morgan fingerprint density at radius 2 is 2.29 bits per heavy atom. The third-order valence-corrected chi connectivity index (χ3v) is 4.96. The lowest BCUT2D eigenvalue weighted by Gasteiger charge is -2.36. The molecule has 1 aliphatic rings. The Bertz CT molecular complexity index is 949. The van der Waals surface area contributed by atoms with E-state index in [9.17, 15) is 4.79 Å². The Kier molecular flexibility index (Phi) is 3.45. The van der Waals surface area contributed by atoms with Crippen LogP contribution in [0.5, 0.6) is 0 Å². The molecule has 7 heteroatoms. The number of rotatable bonds is 2. The second-order valence-electron chi connectivity index (χ2n) is 6.39. The molecule has 3 aromatic heterocycles. The summed E-state index contributed by atoms with van der Waals surface area (Å²) in [6, 6.07) is 3.94. The average Bonchev–Trinajstić information content (AvgIpc) is 3.21. The van der Waals surface area contributed by atoms with E-state index < -0.39 is 0 Å². The zero-order chi connectivity index (χ0) is 16.7. The minimum Gasteiger partial charge on any atom is -0.345 e. The maximum atomic E-state index is 12.1. The maximum Gasteiger partial charge on any atom is 0.236 e. The topological polar surface area (TPSA) is 90.1 Å². The highest BCUT2D eigenvalue weighted by atomic mass is 16.2. The average molecular weight is 322 g/mol. The van der Waals surface area contributed by atoms with Crippen LogP contribution in [0.3, 0.4) is 0 Å². The summed E-state index contributed by atoms with van der Waals surface area (Å²) < 4.78 is 2.12. The van der Waals surface area contributed by atoms with E-state index >= 15 is 0 Å². The molecule has 1 aliphatic heterocycles. The van der Waals surface area contributed by atoms with Crippen LogP contribution in [0.2, 0.25) is 0 Å². The predicted octanol–water partition coefficient (Wildman–Crippen LogP) is 2.08. The van der Waals surface area contributed by atoms with Crippen molar-refractivity contribution in [2.75, 3.05) is 13.1 Å². The SMILES string of the molecule is C[C@H]1CCN(C(=O)CC#N)C[C@H]1c1ncc2cnc3[nH]ccc3n12. The van der Waals surface area contributed by atoms with Crippen LogP contribution in [0, 0.1) is 17.2 Å². The maximum absolute atomic E-state index is 12.1. The number of carbonyl (C=O) groups excluding carboxylic acids is 1. The summed E-state index contributed by atoms with van der Waals surface area (Å²) in [7, 11) is 0. The van der Waals surface area contributed by atoms with Crippen LogP contribution in [0.1, 0.15) is 31.5 Å². The van der Waals surface area contributed by atoms with Gasteiger partial charge in [-0.2, -0.15) is 5.26 Å². The zero-order valence-corrected chi connectivity index (χ0v) is 13.4. The lowest BCUT2D eigenvalue weighted by Crippen LogP contribution is -2.42. The molecule has 4 rings (SSSR count). The van der Waals surface area contributed by atoms with E-state index in [1.54, 1.807) is 11.1 Å². The number of H-pyrrole nitrogens is 1. The van der Waals surface area contributed by atoms with E-state index in [1.165, 1.54) is 0 Å². The van der Waals surface area contributed by atoms with Gasteiger partial charge in [0.2, 0.25) is 5.91 Å². The summed E-state index contributed by atoms with van der Waals surface area (Å²) in [5.74, 6) is 1.43. The van der Waals surface area contributed by atoms with Crippen molar-refractivity contribution in [1.29, 1.82) is 5.26 Å². The number of hydrogen-bond donors (Lipinski definition) is 1. The lowest BCUT2D eigenvalue weighted by atomic mass is 9.86. The van der Waals surface area contributed by atoms with Gasteiger partial charge in [0, 0.05) is 25.2 Å². The third-order valence-electron chi connectivity index (χ3n) is 4.96. The second kappa shape index (κ2) is 5.64. The number of nitrogens with one attached hydrogen (secondary N) is 1. The number of aromatic amines is 1. The van der Waals surface area contributed by atoms with Gasteiger partial charge in [0.15, 0.2) is 5.65 Å². The number of likely N-dealkylation sites (tertiary alicyclic amines) is 1. The Labute approximate surface area is 138 Å². The smallest absolute Gasteiger partial charge is 0.236 e. The number of aromatic nitrogens is 4. The Morgan fingerprint density at radius 1 is 1.46 bits per heavy atom. The van der Waals surface area contributed by atoms with Crippen molar-refractivity contribution < 1.29 is 4.79 Å². The molecule has 2 atom stereocenters. The van der Waals surface area contributed by atoms with Crippen molar-refractivity contribution >= 4 is 22.6 Å². The number of fused-ring (bicyclic) bond motifs is 3. The highest BCUT2D eigenvalue weighted by molar-refractivity contribution is 5.78. The molecule has 4 heterocycles. The van der Waals surface area contributed by atoms with Crippen molar-refractivity contribution in [3.05, 3.63) is 30.5 Å². The molecule has 1 fully saturated rings. The van der Waals surface area contributed by atoms with E-state index in [1.807, 2.05) is 24.5 Å². The lowest BCUT2D eigenvalue weighted by molar-refractivity contribution is -0.131. The summed E-state index contributed by atoms with van der Waals surface area (Å²) in [6.45, 7) is 3.52. The van der Waals surface area contributed by atoms with Crippen LogP contribution in [0.25, 0.3) is 16.7 Å². The molecule has 0 spiro atoms. The number of amides is 1. The minimum absolute atomic E-state index is 0.0601. The number of nitrogens with zero attached hydrogens (tertiary/aromatic N) is 5. The molecule has 0 bridgehead atoms. The molecule has 1 amide bonds. The van der Waals surface area contributed by atoms with Gasteiger partial charge < -0.3 is 9.88 Å². The molecule has 0 radical (unpaired) electrons. The van der Waals surface area contributed by atoms with Crippen LogP contribution >= 0.6 is 0 Å².